The second kappa shape index (κ2) is 10.0. The minimum Gasteiger partial charge on any atom is -0.872 e. The minimum absolute atomic E-state index is 0.0464. The molecule has 33 heavy (non-hydrogen) atoms. The van der Waals surface area contributed by atoms with Crippen LogP contribution in [-0.4, -0.2) is 23.2 Å². The standard InChI is InChI=1S/C26H23BrN2O4/c1-2-13-33-21-7-3-6-19(14-21)23-22(24(30)18-8-10-20(27)11-9-18)25(31)26(32)29(23)16-17-5-4-12-28-15-17/h3-12,14-15,23,30H,2,13,16H2,1H3. The van der Waals surface area contributed by atoms with E-state index in [1.54, 1.807) is 42.7 Å². The molecule has 1 unspecified atom stereocenters. The highest BCUT2D eigenvalue weighted by Crippen LogP contribution is 2.40. The number of aromatic amines is 1. The number of H-pyrrole nitrogens is 1. The van der Waals surface area contributed by atoms with Crippen LogP contribution < -0.4 is 14.8 Å². The number of pyridine rings is 1. The Balaban J connectivity index is 1.84. The fourth-order valence-corrected chi connectivity index (χ4v) is 4.12. The number of ether oxygens (including phenoxy) is 1. The summed E-state index contributed by atoms with van der Waals surface area (Å²) in [5, 5.41) is 13.5. The second-order valence-corrected chi connectivity index (χ2v) is 8.66. The number of aromatic nitrogens is 1. The zero-order valence-corrected chi connectivity index (χ0v) is 19.7. The summed E-state index contributed by atoms with van der Waals surface area (Å²) in [5.74, 6) is -1.28. The molecule has 0 radical (unpaired) electrons. The van der Waals surface area contributed by atoms with E-state index in [-0.39, 0.29) is 12.1 Å². The number of likely N-dealkylation sites (tertiary alicyclic amines) is 1. The van der Waals surface area contributed by atoms with Gasteiger partial charge in [-0.3, -0.25) is 9.59 Å². The first-order valence-electron chi connectivity index (χ1n) is 10.7. The SMILES string of the molecule is CCCOc1cccc(C2C(=C([O-])c3ccc(Br)cc3)C(=O)C(=O)N2Cc2ccc[nH+]c2)c1. The van der Waals surface area contributed by atoms with E-state index in [9.17, 15) is 14.7 Å². The molecule has 0 aliphatic carbocycles. The first kappa shape index (κ1) is 22.7. The van der Waals surface area contributed by atoms with Crippen molar-refractivity contribution in [2.75, 3.05) is 6.61 Å². The molecule has 4 rings (SSSR count). The fraction of sp³-hybridized carbons (Fsp3) is 0.192. The lowest BCUT2D eigenvalue weighted by atomic mass is 9.95. The third-order valence-electron chi connectivity index (χ3n) is 5.41. The number of Topliss-reactive ketones (excluding diaryl/α,β-unsaturated/α-hetero) is 1. The molecular formula is C26H23BrN2O4. The van der Waals surface area contributed by atoms with Gasteiger partial charge < -0.3 is 14.7 Å². The van der Waals surface area contributed by atoms with Gasteiger partial charge in [0.25, 0.3) is 5.91 Å². The van der Waals surface area contributed by atoms with Crippen molar-refractivity contribution in [1.29, 1.82) is 0 Å². The zero-order chi connectivity index (χ0) is 23.4. The van der Waals surface area contributed by atoms with Crippen molar-refractivity contribution in [3.05, 3.63) is 99.8 Å². The van der Waals surface area contributed by atoms with Crippen molar-refractivity contribution in [1.82, 2.24) is 4.90 Å². The molecule has 6 nitrogen and oxygen atoms in total. The smallest absolute Gasteiger partial charge is 0.295 e. The number of hydrogen-bond donors (Lipinski definition) is 0. The van der Waals surface area contributed by atoms with E-state index in [1.807, 2.05) is 37.3 Å². The highest BCUT2D eigenvalue weighted by Gasteiger charge is 2.44. The third kappa shape index (κ3) is 4.83. The average Bonchev–Trinajstić information content (AvgIpc) is 3.08. The molecule has 1 aliphatic heterocycles. The van der Waals surface area contributed by atoms with Gasteiger partial charge in [-0.1, -0.05) is 52.9 Å². The van der Waals surface area contributed by atoms with Gasteiger partial charge in [0.05, 0.1) is 19.2 Å². The van der Waals surface area contributed by atoms with Crippen LogP contribution in [0.2, 0.25) is 0 Å². The Labute approximate surface area is 200 Å². The molecule has 1 atom stereocenters. The average molecular weight is 507 g/mol. The van der Waals surface area contributed by atoms with Gasteiger partial charge in [0.15, 0.2) is 12.4 Å². The topological polar surface area (TPSA) is 83.8 Å². The summed E-state index contributed by atoms with van der Waals surface area (Å²) < 4.78 is 6.58. The molecular weight excluding hydrogens is 484 g/mol. The van der Waals surface area contributed by atoms with E-state index in [1.165, 1.54) is 4.90 Å². The summed E-state index contributed by atoms with van der Waals surface area (Å²) in [6.07, 6.45) is 4.38. The quantitative estimate of drug-likeness (QED) is 0.279. The van der Waals surface area contributed by atoms with Crippen LogP contribution in [0.1, 0.15) is 36.1 Å². The zero-order valence-electron chi connectivity index (χ0n) is 18.1. The van der Waals surface area contributed by atoms with Crippen molar-refractivity contribution in [3.63, 3.8) is 0 Å². The molecule has 0 spiro atoms. The van der Waals surface area contributed by atoms with Crippen molar-refractivity contribution < 1.29 is 24.4 Å². The van der Waals surface area contributed by atoms with Gasteiger partial charge in [-0.25, -0.2) is 4.98 Å². The number of amides is 1. The molecule has 2 heterocycles. The number of hydrogen-bond acceptors (Lipinski definition) is 4. The number of rotatable bonds is 7. The van der Waals surface area contributed by atoms with Crippen molar-refractivity contribution in [3.8, 4) is 5.75 Å². The van der Waals surface area contributed by atoms with Gasteiger partial charge in [0, 0.05) is 21.7 Å². The molecule has 1 fully saturated rings. The van der Waals surface area contributed by atoms with E-state index >= 15 is 0 Å². The van der Waals surface area contributed by atoms with E-state index in [2.05, 4.69) is 20.9 Å². The molecule has 2 aromatic carbocycles. The molecule has 1 aromatic heterocycles. The van der Waals surface area contributed by atoms with E-state index in [0.29, 0.717) is 23.5 Å². The largest absolute Gasteiger partial charge is 0.872 e. The summed E-state index contributed by atoms with van der Waals surface area (Å²) in [4.78, 5) is 30.7. The van der Waals surface area contributed by atoms with Crippen LogP contribution in [0.5, 0.6) is 5.75 Å². The van der Waals surface area contributed by atoms with Crippen molar-refractivity contribution in [2.24, 2.45) is 0 Å². The number of benzene rings is 2. The number of halogens is 1. The van der Waals surface area contributed by atoms with Gasteiger partial charge in [-0.15, -0.1) is 0 Å². The Hall–Kier alpha value is -3.45. The van der Waals surface area contributed by atoms with Crippen LogP contribution in [0, 0.1) is 0 Å². The summed E-state index contributed by atoms with van der Waals surface area (Å²) >= 11 is 3.36. The minimum atomic E-state index is -0.813. The number of nitrogens with one attached hydrogen (secondary N) is 1. The Morgan fingerprint density at radius 1 is 1.12 bits per heavy atom. The molecule has 1 aliphatic rings. The fourth-order valence-electron chi connectivity index (χ4n) is 3.86. The van der Waals surface area contributed by atoms with Gasteiger partial charge in [0.2, 0.25) is 5.78 Å². The number of carbonyl (C=O) groups is 2. The van der Waals surface area contributed by atoms with E-state index in [4.69, 9.17) is 4.74 Å². The normalized spacial score (nSPS) is 17.4. The monoisotopic (exact) mass is 506 g/mol. The maximum Gasteiger partial charge on any atom is 0.295 e. The molecule has 1 saturated heterocycles. The highest BCUT2D eigenvalue weighted by atomic mass is 79.9. The Morgan fingerprint density at radius 2 is 1.91 bits per heavy atom. The van der Waals surface area contributed by atoms with Crippen LogP contribution in [0.4, 0.5) is 0 Å². The maximum atomic E-state index is 13.5. The van der Waals surface area contributed by atoms with Crippen LogP contribution in [-0.2, 0) is 16.1 Å². The Morgan fingerprint density at radius 3 is 2.61 bits per heavy atom. The number of nitrogens with zero attached hydrogens (tertiary/aromatic N) is 1. The maximum absolute atomic E-state index is 13.5. The lowest BCUT2D eigenvalue weighted by Crippen LogP contribution is -2.29. The summed E-state index contributed by atoms with van der Waals surface area (Å²) in [6.45, 7) is 2.74. The predicted octanol–water partition coefficient (Wildman–Crippen LogP) is 3.48. The number of ketones is 1. The van der Waals surface area contributed by atoms with Crippen LogP contribution in [0.3, 0.4) is 0 Å². The Kier molecular flexibility index (Phi) is 6.89. The van der Waals surface area contributed by atoms with Crippen LogP contribution >= 0.6 is 15.9 Å². The van der Waals surface area contributed by atoms with Gasteiger partial charge in [-0.05, 0) is 47.9 Å². The lowest BCUT2D eigenvalue weighted by Gasteiger charge is -2.27. The predicted molar refractivity (Wildman–Crippen MR) is 125 cm³/mol. The van der Waals surface area contributed by atoms with E-state index in [0.717, 1.165) is 16.5 Å². The first-order valence-corrected chi connectivity index (χ1v) is 11.5. The second-order valence-electron chi connectivity index (χ2n) is 7.75. The number of carbonyl (C=O) groups excluding carboxylic acids is 2. The molecule has 0 saturated carbocycles. The summed E-state index contributed by atoms with van der Waals surface area (Å²) in [6, 6.07) is 16.9. The molecule has 1 N–H and O–H groups in total. The van der Waals surface area contributed by atoms with Crippen LogP contribution in [0.15, 0.2) is 83.1 Å². The molecule has 168 valence electrons. The third-order valence-corrected chi connectivity index (χ3v) is 5.94. The molecule has 1 amide bonds. The lowest BCUT2D eigenvalue weighted by molar-refractivity contribution is -0.378. The molecule has 7 heteroatoms. The van der Waals surface area contributed by atoms with Crippen molar-refractivity contribution in [2.45, 2.75) is 25.9 Å². The van der Waals surface area contributed by atoms with Gasteiger partial charge >= 0.3 is 0 Å². The summed E-state index contributed by atoms with van der Waals surface area (Å²) in [7, 11) is 0. The summed E-state index contributed by atoms with van der Waals surface area (Å²) in [5.41, 5.74) is 1.78. The highest BCUT2D eigenvalue weighted by molar-refractivity contribution is 9.10. The van der Waals surface area contributed by atoms with Crippen LogP contribution in [0.25, 0.3) is 5.76 Å². The van der Waals surface area contributed by atoms with Gasteiger partial charge in [-0.2, -0.15) is 0 Å². The van der Waals surface area contributed by atoms with E-state index < -0.39 is 23.5 Å². The molecule has 3 aromatic rings. The first-order chi connectivity index (χ1) is 16.0. The van der Waals surface area contributed by atoms with Gasteiger partial charge in [0.1, 0.15) is 5.75 Å². The Bertz CT molecular complexity index is 1190. The molecule has 0 bridgehead atoms. The van der Waals surface area contributed by atoms with Crippen molar-refractivity contribution >= 4 is 33.4 Å².